The van der Waals surface area contributed by atoms with Crippen molar-refractivity contribution in [3.05, 3.63) is 11.3 Å². The largest absolute Gasteiger partial charge is 0.357 e. The fourth-order valence-corrected chi connectivity index (χ4v) is 2.74. The monoisotopic (exact) mass is 206 g/mol. The van der Waals surface area contributed by atoms with E-state index in [9.17, 15) is 0 Å². The van der Waals surface area contributed by atoms with E-state index in [2.05, 4.69) is 27.0 Å². The molecule has 0 aliphatic carbocycles. The van der Waals surface area contributed by atoms with Crippen LogP contribution in [0, 0.1) is 0 Å². The van der Waals surface area contributed by atoms with Gasteiger partial charge < -0.3 is 10.2 Å². The molecular formula is C11H18N4. The minimum Gasteiger partial charge on any atom is -0.357 e. The molecule has 2 aliphatic heterocycles. The Morgan fingerprint density at radius 2 is 2.07 bits per heavy atom. The molecule has 82 valence electrons. The molecule has 1 saturated heterocycles. The van der Waals surface area contributed by atoms with E-state index in [0.29, 0.717) is 0 Å². The first-order valence-corrected chi connectivity index (χ1v) is 5.86. The summed E-state index contributed by atoms with van der Waals surface area (Å²) in [4.78, 5) is 2.48. The van der Waals surface area contributed by atoms with E-state index < -0.39 is 0 Å². The van der Waals surface area contributed by atoms with Gasteiger partial charge in [-0.05, 0) is 12.8 Å². The van der Waals surface area contributed by atoms with Crippen LogP contribution in [0.5, 0.6) is 0 Å². The summed E-state index contributed by atoms with van der Waals surface area (Å²) in [5, 5.41) is 8.07. The Hall–Kier alpha value is -1.03. The van der Waals surface area contributed by atoms with Gasteiger partial charge in [-0.25, -0.2) is 0 Å². The summed E-state index contributed by atoms with van der Waals surface area (Å²) in [5.74, 6) is 1.36. The van der Waals surface area contributed by atoms with Gasteiger partial charge in [0.2, 0.25) is 0 Å². The summed E-state index contributed by atoms with van der Waals surface area (Å²) in [5.41, 5.74) is 2.74. The number of nitrogens with zero attached hydrogens (tertiary/aromatic N) is 3. The predicted molar refractivity (Wildman–Crippen MR) is 60.1 cm³/mol. The van der Waals surface area contributed by atoms with Crippen molar-refractivity contribution in [2.24, 2.45) is 7.05 Å². The van der Waals surface area contributed by atoms with Crippen molar-refractivity contribution in [1.82, 2.24) is 15.1 Å². The predicted octanol–water partition coefficient (Wildman–Crippen LogP) is 0.666. The van der Waals surface area contributed by atoms with E-state index in [1.807, 2.05) is 0 Å². The zero-order chi connectivity index (χ0) is 10.3. The van der Waals surface area contributed by atoms with Crippen molar-refractivity contribution in [3.63, 3.8) is 0 Å². The summed E-state index contributed by atoms with van der Waals surface area (Å²) in [7, 11) is 2.08. The molecule has 2 aliphatic rings. The Morgan fingerprint density at radius 1 is 1.27 bits per heavy atom. The van der Waals surface area contributed by atoms with E-state index in [0.717, 1.165) is 19.5 Å². The normalized spacial score (nSPS) is 20.7. The molecule has 4 nitrogen and oxygen atoms in total. The summed E-state index contributed by atoms with van der Waals surface area (Å²) >= 11 is 0. The third-order valence-corrected chi connectivity index (χ3v) is 3.44. The SMILES string of the molecule is Cn1nc2c(c1N1CCCC1)CNCC2. The zero-order valence-electron chi connectivity index (χ0n) is 9.29. The zero-order valence-corrected chi connectivity index (χ0v) is 9.29. The van der Waals surface area contributed by atoms with Crippen LogP contribution in [0.15, 0.2) is 0 Å². The number of rotatable bonds is 1. The van der Waals surface area contributed by atoms with Crippen LogP contribution in [-0.4, -0.2) is 29.4 Å². The summed E-state index contributed by atoms with van der Waals surface area (Å²) < 4.78 is 2.07. The maximum Gasteiger partial charge on any atom is 0.131 e. The Morgan fingerprint density at radius 3 is 2.87 bits per heavy atom. The van der Waals surface area contributed by atoms with Gasteiger partial charge in [0, 0.05) is 45.2 Å². The van der Waals surface area contributed by atoms with Crippen LogP contribution < -0.4 is 10.2 Å². The van der Waals surface area contributed by atoms with Gasteiger partial charge in [0.1, 0.15) is 5.82 Å². The molecule has 15 heavy (non-hydrogen) atoms. The van der Waals surface area contributed by atoms with Gasteiger partial charge in [0.05, 0.1) is 5.69 Å². The van der Waals surface area contributed by atoms with Gasteiger partial charge in [-0.2, -0.15) is 5.10 Å². The molecule has 3 heterocycles. The molecular weight excluding hydrogens is 188 g/mol. The van der Waals surface area contributed by atoms with Crippen LogP contribution in [0.4, 0.5) is 5.82 Å². The second kappa shape index (κ2) is 3.52. The van der Waals surface area contributed by atoms with Crippen LogP contribution in [0.25, 0.3) is 0 Å². The standard InChI is InChI=1S/C11H18N4/c1-14-11(15-6-2-3-7-15)9-8-12-5-4-10(9)13-14/h12H,2-8H2,1H3. The molecule has 1 aromatic heterocycles. The lowest BCUT2D eigenvalue weighted by Crippen LogP contribution is -2.26. The second-order valence-corrected chi connectivity index (χ2v) is 4.49. The van der Waals surface area contributed by atoms with Crippen molar-refractivity contribution >= 4 is 5.82 Å². The molecule has 1 aromatic rings. The van der Waals surface area contributed by atoms with E-state index in [1.54, 1.807) is 0 Å². The van der Waals surface area contributed by atoms with E-state index >= 15 is 0 Å². The van der Waals surface area contributed by atoms with E-state index in [-0.39, 0.29) is 0 Å². The van der Waals surface area contributed by atoms with Gasteiger partial charge in [0.25, 0.3) is 0 Å². The third-order valence-electron chi connectivity index (χ3n) is 3.44. The van der Waals surface area contributed by atoms with Gasteiger partial charge in [-0.1, -0.05) is 0 Å². The molecule has 1 N–H and O–H groups in total. The maximum absolute atomic E-state index is 4.63. The molecule has 0 saturated carbocycles. The molecule has 0 atom stereocenters. The van der Waals surface area contributed by atoms with Gasteiger partial charge >= 0.3 is 0 Å². The first-order chi connectivity index (χ1) is 7.36. The number of fused-ring (bicyclic) bond motifs is 1. The maximum atomic E-state index is 4.63. The number of aromatic nitrogens is 2. The Bertz CT molecular complexity index is 363. The van der Waals surface area contributed by atoms with Crippen molar-refractivity contribution in [1.29, 1.82) is 0 Å². The van der Waals surface area contributed by atoms with Gasteiger partial charge in [-0.15, -0.1) is 0 Å². The lowest BCUT2D eigenvalue weighted by Gasteiger charge is -2.21. The fourth-order valence-electron chi connectivity index (χ4n) is 2.74. The molecule has 1 fully saturated rings. The molecule has 0 aromatic carbocycles. The fraction of sp³-hybridized carbons (Fsp3) is 0.727. The van der Waals surface area contributed by atoms with E-state index in [4.69, 9.17) is 0 Å². The molecule has 0 amide bonds. The van der Waals surface area contributed by atoms with Gasteiger partial charge in [-0.3, -0.25) is 4.68 Å². The minimum absolute atomic E-state index is 0.995. The second-order valence-electron chi connectivity index (χ2n) is 4.49. The Balaban J connectivity index is 2.01. The van der Waals surface area contributed by atoms with Crippen molar-refractivity contribution in [2.45, 2.75) is 25.8 Å². The van der Waals surface area contributed by atoms with Crippen LogP contribution in [0.3, 0.4) is 0 Å². The van der Waals surface area contributed by atoms with Crippen molar-refractivity contribution in [3.8, 4) is 0 Å². The highest BCUT2D eigenvalue weighted by Crippen LogP contribution is 2.28. The summed E-state index contributed by atoms with van der Waals surface area (Å²) in [6.07, 6.45) is 3.73. The lowest BCUT2D eigenvalue weighted by atomic mass is 10.1. The van der Waals surface area contributed by atoms with Crippen LogP contribution >= 0.6 is 0 Å². The highest BCUT2D eigenvalue weighted by molar-refractivity contribution is 5.51. The highest BCUT2D eigenvalue weighted by atomic mass is 15.4. The topological polar surface area (TPSA) is 33.1 Å². The first-order valence-electron chi connectivity index (χ1n) is 5.86. The average molecular weight is 206 g/mol. The summed E-state index contributed by atoms with van der Waals surface area (Å²) in [6.45, 7) is 4.47. The van der Waals surface area contributed by atoms with E-state index in [1.165, 1.54) is 43.0 Å². The number of hydrogen-bond acceptors (Lipinski definition) is 3. The van der Waals surface area contributed by atoms with Gasteiger partial charge in [0.15, 0.2) is 0 Å². The smallest absolute Gasteiger partial charge is 0.131 e. The third kappa shape index (κ3) is 1.44. The lowest BCUT2D eigenvalue weighted by molar-refractivity contribution is 0.632. The molecule has 3 rings (SSSR count). The van der Waals surface area contributed by atoms with Crippen LogP contribution in [0.1, 0.15) is 24.1 Å². The number of anilines is 1. The minimum atomic E-state index is 0.995. The molecule has 4 heteroatoms. The molecule has 0 unspecified atom stereocenters. The molecule has 0 radical (unpaired) electrons. The molecule has 0 spiro atoms. The summed E-state index contributed by atoms with van der Waals surface area (Å²) in [6, 6.07) is 0. The van der Waals surface area contributed by atoms with Crippen LogP contribution in [0.2, 0.25) is 0 Å². The quantitative estimate of drug-likeness (QED) is 0.733. The van der Waals surface area contributed by atoms with Crippen LogP contribution in [-0.2, 0) is 20.0 Å². The average Bonchev–Trinajstić information content (AvgIpc) is 2.82. The number of hydrogen-bond donors (Lipinski definition) is 1. The number of aryl methyl sites for hydroxylation is 1. The Labute approximate surface area is 90.3 Å². The highest BCUT2D eigenvalue weighted by Gasteiger charge is 2.24. The van der Waals surface area contributed by atoms with Crippen molar-refractivity contribution < 1.29 is 0 Å². The Kier molecular flexibility index (Phi) is 2.16. The molecule has 0 bridgehead atoms. The number of nitrogens with one attached hydrogen (secondary N) is 1. The van der Waals surface area contributed by atoms with Crippen molar-refractivity contribution in [2.75, 3.05) is 24.5 Å². The first kappa shape index (κ1) is 9.21.